The van der Waals surface area contributed by atoms with Gasteiger partial charge >= 0.3 is 0 Å². The first kappa shape index (κ1) is 27.4. The molecule has 11 heteroatoms. The maximum absolute atomic E-state index is 12.7. The standard InChI is InChI=1S/C25H26BrN3O5S2/c1-16(2)15-34-23-13-4-17(14-22(23)26)24(30)28-25(35)27-18-7-11-21(12-8-18)36(31,32)29-19-5-9-20(33-3)10-6-19/h4-14,16,29H,15H2,1-3H3,(H2,27,28,30,35). The number of carbonyl (C=O) groups is 1. The molecule has 0 saturated carbocycles. The molecule has 0 radical (unpaired) electrons. The summed E-state index contributed by atoms with van der Waals surface area (Å²) in [6, 6.07) is 17.5. The van der Waals surface area contributed by atoms with Crippen LogP contribution in [0.3, 0.4) is 0 Å². The Hall–Kier alpha value is -3.15. The van der Waals surface area contributed by atoms with Crippen molar-refractivity contribution >= 4 is 60.6 Å². The molecule has 0 bridgehead atoms. The summed E-state index contributed by atoms with van der Waals surface area (Å²) < 4.78 is 39.3. The summed E-state index contributed by atoms with van der Waals surface area (Å²) in [6.45, 7) is 4.67. The van der Waals surface area contributed by atoms with E-state index < -0.39 is 15.9 Å². The molecular weight excluding hydrogens is 566 g/mol. The van der Waals surface area contributed by atoms with Crippen molar-refractivity contribution in [3.05, 3.63) is 76.8 Å². The zero-order valence-electron chi connectivity index (χ0n) is 19.9. The lowest BCUT2D eigenvalue weighted by Crippen LogP contribution is -2.34. The highest BCUT2D eigenvalue weighted by atomic mass is 79.9. The second-order valence-corrected chi connectivity index (χ2v) is 11.1. The van der Waals surface area contributed by atoms with Crippen molar-refractivity contribution in [1.82, 2.24) is 5.32 Å². The largest absolute Gasteiger partial charge is 0.497 e. The smallest absolute Gasteiger partial charge is 0.261 e. The van der Waals surface area contributed by atoms with Gasteiger partial charge in [-0.2, -0.15) is 0 Å². The fraction of sp³-hybridized carbons (Fsp3) is 0.200. The van der Waals surface area contributed by atoms with E-state index in [4.69, 9.17) is 21.7 Å². The van der Waals surface area contributed by atoms with Crippen LogP contribution in [0.4, 0.5) is 11.4 Å². The summed E-state index contributed by atoms with van der Waals surface area (Å²) in [5.74, 6) is 1.25. The predicted molar refractivity (Wildman–Crippen MR) is 148 cm³/mol. The third-order valence-electron chi connectivity index (χ3n) is 4.76. The number of rotatable bonds is 9. The first-order chi connectivity index (χ1) is 17.1. The predicted octanol–water partition coefficient (Wildman–Crippen LogP) is 5.42. The Labute approximate surface area is 224 Å². The van der Waals surface area contributed by atoms with Crippen LogP contribution in [0.25, 0.3) is 0 Å². The maximum Gasteiger partial charge on any atom is 0.261 e. The van der Waals surface area contributed by atoms with Gasteiger partial charge in [-0.25, -0.2) is 8.42 Å². The highest BCUT2D eigenvalue weighted by Crippen LogP contribution is 2.26. The van der Waals surface area contributed by atoms with Gasteiger partial charge in [-0.1, -0.05) is 13.8 Å². The second kappa shape index (κ2) is 12.2. The van der Waals surface area contributed by atoms with Gasteiger partial charge in [-0.15, -0.1) is 0 Å². The van der Waals surface area contributed by atoms with Crippen molar-refractivity contribution in [2.45, 2.75) is 18.7 Å². The number of hydrogen-bond donors (Lipinski definition) is 3. The zero-order valence-corrected chi connectivity index (χ0v) is 23.1. The molecule has 190 valence electrons. The molecule has 0 aliphatic rings. The number of ether oxygens (including phenoxy) is 2. The van der Waals surface area contributed by atoms with Gasteiger partial charge in [0.05, 0.1) is 23.1 Å². The fourth-order valence-corrected chi connectivity index (χ4v) is 4.71. The molecule has 3 aromatic rings. The monoisotopic (exact) mass is 591 g/mol. The van der Waals surface area contributed by atoms with Crippen molar-refractivity contribution in [2.24, 2.45) is 5.92 Å². The van der Waals surface area contributed by atoms with Gasteiger partial charge in [0, 0.05) is 16.9 Å². The third-order valence-corrected chi connectivity index (χ3v) is 6.98. The summed E-state index contributed by atoms with van der Waals surface area (Å²) in [6.07, 6.45) is 0. The SMILES string of the molecule is COc1ccc(NS(=O)(=O)c2ccc(NC(=S)NC(=O)c3ccc(OCC(C)C)c(Br)c3)cc2)cc1. The zero-order chi connectivity index (χ0) is 26.3. The van der Waals surface area contributed by atoms with E-state index in [-0.39, 0.29) is 10.0 Å². The Morgan fingerprint density at radius 1 is 1.00 bits per heavy atom. The third kappa shape index (κ3) is 7.67. The van der Waals surface area contributed by atoms with Gasteiger partial charge < -0.3 is 14.8 Å². The van der Waals surface area contributed by atoms with E-state index in [9.17, 15) is 13.2 Å². The number of methoxy groups -OCH3 is 1. The number of nitrogens with one attached hydrogen (secondary N) is 3. The van der Waals surface area contributed by atoms with E-state index in [1.165, 1.54) is 19.2 Å². The topological polar surface area (TPSA) is 106 Å². The Morgan fingerprint density at radius 3 is 2.22 bits per heavy atom. The number of carbonyl (C=O) groups excluding carboxylic acids is 1. The molecule has 3 N–H and O–H groups in total. The van der Waals surface area contributed by atoms with E-state index >= 15 is 0 Å². The van der Waals surface area contributed by atoms with Crippen molar-refractivity contribution in [3.63, 3.8) is 0 Å². The van der Waals surface area contributed by atoms with E-state index in [2.05, 4.69) is 45.1 Å². The Morgan fingerprint density at radius 2 is 1.64 bits per heavy atom. The molecule has 8 nitrogen and oxygen atoms in total. The Balaban J connectivity index is 1.58. The summed E-state index contributed by atoms with van der Waals surface area (Å²) >= 11 is 8.66. The molecule has 0 unspecified atom stereocenters. The summed E-state index contributed by atoms with van der Waals surface area (Å²) in [5, 5.41) is 5.56. The van der Waals surface area contributed by atoms with E-state index in [1.54, 1.807) is 54.6 Å². The average molecular weight is 593 g/mol. The van der Waals surface area contributed by atoms with Crippen molar-refractivity contribution in [2.75, 3.05) is 23.8 Å². The van der Waals surface area contributed by atoms with Crippen LogP contribution in [0, 0.1) is 5.92 Å². The van der Waals surface area contributed by atoms with Crippen molar-refractivity contribution in [1.29, 1.82) is 0 Å². The summed E-state index contributed by atoms with van der Waals surface area (Å²) in [7, 11) is -2.25. The van der Waals surface area contributed by atoms with Gasteiger partial charge in [-0.05, 0) is 101 Å². The van der Waals surface area contributed by atoms with Crippen molar-refractivity contribution in [3.8, 4) is 11.5 Å². The molecule has 0 atom stereocenters. The van der Waals surface area contributed by atoms with Crippen LogP contribution in [0.15, 0.2) is 76.1 Å². The first-order valence-corrected chi connectivity index (χ1v) is 13.6. The molecule has 0 aromatic heterocycles. The lowest BCUT2D eigenvalue weighted by Gasteiger charge is -2.13. The molecule has 0 spiro atoms. The Bertz CT molecular complexity index is 1330. The Kier molecular flexibility index (Phi) is 9.30. The van der Waals surface area contributed by atoms with Crippen LogP contribution in [0.1, 0.15) is 24.2 Å². The fourth-order valence-electron chi connectivity index (χ4n) is 2.94. The van der Waals surface area contributed by atoms with Gasteiger partial charge in [0.1, 0.15) is 11.5 Å². The van der Waals surface area contributed by atoms with Crippen LogP contribution in [-0.2, 0) is 10.0 Å². The molecule has 0 aliphatic heterocycles. The average Bonchev–Trinajstić information content (AvgIpc) is 2.83. The normalized spacial score (nSPS) is 11.0. The van der Waals surface area contributed by atoms with Crippen LogP contribution < -0.4 is 24.8 Å². The van der Waals surface area contributed by atoms with Crippen LogP contribution in [0.2, 0.25) is 0 Å². The second-order valence-electron chi connectivity index (χ2n) is 8.12. The molecule has 0 aliphatic carbocycles. The first-order valence-electron chi connectivity index (χ1n) is 10.9. The molecule has 1 amide bonds. The van der Waals surface area contributed by atoms with E-state index in [0.29, 0.717) is 45.4 Å². The molecule has 3 rings (SSSR count). The molecular formula is C25H26BrN3O5S2. The summed E-state index contributed by atoms with van der Waals surface area (Å²) in [5.41, 5.74) is 1.32. The summed E-state index contributed by atoms with van der Waals surface area (Å²) in [4.78, 5) is 12.7. The van der Waals surface area contributed by atoms with Gasteiger partial charge in [0.2, 0.25) is 0 Å². The molecule has 36 heavy (non-hydrogen) atoms. The number of benzene rings is 3. The van der Waals surface area contributed by atoms with Crippen LogP contribution in [-0.4, -0.2) is 33.2 Å². The number of thiocarbonyl (C=S) groups is 1. The van der Waals surface area contributed by atoms with Gasteiger partial charge in [-0.3, -0.25) is 14.8 Å². The molecule has 3 aromatic carbocycles. The minimum Gasteiger partial charge on any atom is -0.497 e. The number of hydrogen-bond acceptors (Lipinski definition) is 6. The lowest BCUT2D eigenvalue weighted by atomic mass is 10.2. The lowest BCUT2D eigenvalue weighted by molar-refractivity contribution is 0.0977. The molecule has 0 heterocycles. The molecule has 0 saturated heterocycles. The minimum absolute atomic E-state index is 0.0724. The highest BCUT2D eigenvalue weighted by Gasteiger charge is 2.15. The quantitative estimate of drug-likeness (QED) is 0.285. The van der Waals surface area contributed by atoms with Crippen LogP contribution >= 0.6 is 28.1 Å². The van der Waals surface area contributed by atoms with Gasteiger partial charge in [0.25, 0.3) is 15.9 Å². The number of sulfonamides is 1. The van der Waals surface area contributed by atoms with Crippen LogP contribution in [0.5, 0.6) is 11.5 Å². The van der Waals surface area contributed by atoms with E-state index in [1.807, 2.05) is 0 Å². The van der Waals surface area contributed by atoms with Gasteiger partial charge in [0.15, 0.2) is 5.11 Å². The number of amides is 1. The number of anilines is 2. The molecule has 0 fully saturated rings. The number of halogens is 1. The van der Waals surface area contributed by atoms with E-state index in [0.717, 1.165) is 0 Å². The minimum atomic E-state index is -3.79. The van der Waals surface area contributed by atoms with Crippen molar-refractivity contribution < 1.29 is 22.7 Å². The highest BCUT2D eigenvalue weighted by molar-refractivity contribution is 9.10. The maximum atomic E-state index is 12.7.